The van der Waals surface area contributed by atoms with E-state index in [9.17, 15) is 13.2 Å². The van der Waals surface area contributed by atoms with Gasteiger partial charge in [-0.3, -0.25) is 4.90 Å². The summed E-state index contributed by atoms with van der Waals surface area (Å²) in [6.07, 6.45) is 5.87. The largest absolute Gasteiger partial charge is 0.371 e. The highest BCUT2D eigenvalue weighted by molar-refractivity contribution is 7.88. The number of rotatable bonds is 6. The van der Waals surface area contributed by atoms with Gasteiger partial charge in [-0.2, -0.15) is 4.68 Å². The number of sulfonamides is 1. The number of carbonyl (C=O) groups excluding carboxylic acids is 1. The number of hydrogen-bond acceptors (Lipinski definition) is 7. The third kappa shape index (κ3) is 6.42. The molecular formula is C27H38ClN7O3S. The Labute approximate surface area is 236 Å². The summed E-state index contributed by atoms with van der Waals surface area (Å²) in [6, 6.07) is 7.75. The van der Waals surface area contributed by atoms with Crippen molar-refractivity contribution >= 4 is 39.2 Å². The van der Waals surface area contributed by atoms with Gasteiger partial charge in [0.25, 0.3) is 0 Å². The molecule has 1 spiro atoms. The molecule has 1 aromatic carbocycles. The lowest BCUT2D eigenvalue weighted by Gasteiger charge is -2.41. The molecule has 0 saturated carbocycles. The van der Waals surface area contributed by atoms with Crippen molar-refractivity contribution in [2.45, 2.75) is 32.7 Å². The van der Waals surface area contributed by atoms with Crippen LogP contribution in [0.1, 0.15) is 31.7 Å². The maximum atomic E-state index is 12.9. The van der Waals surface area contributed by atoms with E-state index in [0.717, 1.165) is 63.4 Å². The second kappa shape index (κ2) is 11.1. The summed E-state index contributed by atoms with van der Waals surface area (Å²) in [6.45, 7) is 12.3. The number of aromatic nitrogens is 2. The zero-order chi connectivity index (χ0) is 27.8. The van der Waals surface area contributed by atoms with E-state index in [0.29, 0.717) is 37.0 Å². The van der Waals surface area contributed by atoms with E-state index in [2.05, 4.69) is 38.9 Å². The summed E-state index contributed by atoms with van der Waals surface area (Å²) in [5, 5.41) is 8.06. The van der Waals surface area contributed by atoms with Crippen molar-refractivity contribution in [3.8, 4) is 0 Å². The molecule has 3 fully saturated rings. The van der Waals surface area contributed by atoms with Gasteiger partial charge in [0.2, 0.25) is 10.0 Å². The lowest BCUT2D eigenvalue weighted by Crippen LogP contribution is -2.49. The number of benzene rings is 1. The Bertz CT molecular complexity index is 1330. The first-order valence-corrected chi connectivity index (χ1v) is 15.7. The number of halogens is 1. The molecule has 5 rings (SSSR count). The van der Waals surface area contributed by atoms with Crippen LogP contribution >= 0.6 is 11.6 Å². The maximum absolute atomic E-state index is 12.9. The van der Waals surface area contributed by atoms with E-state index >= 15 is 0 Å². The molecule has 12 heteroatoms. The highest BCUT2D eigenvalue weighted by Crippen LogP contribution is 2.42. The highest BCUT2D eigenvalue weighted by Gasteiger charge is 2.43. The molecule has 212 valence electrons. The average molecular weight is 576 g/mol. The molecule has 3 aliphatic heterocycles. The molecule has 0 unspecified atom stereocenters. The summed E-state index contributed by atoms with van der Waals surface area (Å²) in [5.41, 5.74) is 3.23. The third-order valence-corrected chi connectivity index (χ3v) is 9.73. The number of piperazine rings is 1. The van der Waals surface area contributed by atoms with E-state index in [1.165, 1.54) is 16.5 Å². The zero-order valence-corrected chi connectivity index (χ0v) is 24.3. The average Bonchev–Trinajstić information content (AvgIpc) is 3.53. The van der Waals surface area contributed by atoms with Gasteiger partial charge in [0.1, 0.15) is 0 Å². The minimum atomic E-state index is -3.14. The SMILES string of the molecule is C=C(C)Nc1ccn(C(=O)N2CCN(Cc3ccc(Cl)cc3N3CCC4(CC3)CCN(S(C)(=O)=O)C4)CC2)n1. The molecule has 3 aliphatic rings. The number of amides is 1. The molecule has 3 saturated heterocycles. The predicted molar refractivity (Wildman–Crippen MR) is 155 cm³/mol. The van der Waals surface area contributed by atoms with Crippen LogP contribution < -0.4 is 10.2 Å². The molecule has 0 bridgehead atoms. The first-order valence-electron chi connectivity index (χ1n) is 13.5. The van der Waals surface area contributed by atoms with Gasteiger partial charge < -0.3 is 15.1 Å². The Kier molecular flexibility index (Phi) is 7.96. The Balaban J connectivity index is 1.18. The smallest absolute Gasteiger partial charge is 0.344 e. The van der Waals surface area contributed by atoms with Crippen molar-refractivity contribution in [1.29, 1.82) is 0 Å². The second-order valence-corrected chi connectivity index (χ2v) is 13.6. The van der Waals surface area contributed by atoms with Crippen LogP contribution in [0.15, 0.2) is 42.7 Å². The number of nitrogens with one attached hydrogen (secondary N) is 1. The first kappa shape index (κ1) is 27.9. The molecular weight excluding hydrogens is 538 g/mol. The van der Waals surface area contributed by atoms with Crippen molar-refractivity contribution in [1.82, 2.24) is 23.9 Å². The minimum Gasteiger partial charge on any atom is -0.371 e. The fraction of sp³-hybridized carbons (Fsp3) is 0.556. The van der Waals surface area contributed by atoms with E-state index in [1.807, 2.05) is 17.9 Å². The Morgan fingerprint density at radius 2 is 1.77 bits per heavy atom. The summed E-state index contributed by atoms with van der Waals surface area (Å²) in [5.74, 6) is 0.606. The van der Waals surface area contributed by atoms with E-state index in [1.54, 1.807) is 16.6 Å². The standard InChI is InChI=1S/C27H38ClN7O3S/c1-21(2)29-25-6-10-35(30-25)26(36)33-16-14-31(15-17-33)19-22-4-5-23(28)18-24(22)32-11-7-27(8-12-32)9-13-34(20-27)39(3,37)38/h4-6,10,18H,1,7-9,11-17,19-20H2,2-3H3,(H,29,30). The lowest BCUT2D eigenvalue weighted by molar-refractivity contribution is 0.134. The number of hydrogen-bond donors (Lipinski definition) is 1. The number of carbonyl (C=O) groups is 1. The fourth-order valence-corrected chi connectivity index (χ4v) is 7.07. The highest BCUT2D eigenvalue weighted by atomic mass is 35.5. The minimum absolute atomic E-state index is 0.0805. The molecule has 1 aromatic heterocycles. The summed E-state index contributed by atoms with van der Waals surface area (Å²) in [7, 11) is -3.14. The first-order chi connectivity index (χ1) is 18.5. The monoisotopic (exact) mass is 575 g/mol. The molecule has 4 heterocycles. The zero-order valence-electron chi connectivity index (χ0n) is 22.8. The van der Waals surface area contributed by atoms with Crippen LogP contribution in [-0.4, -0.2) is 96.9 Å². The number of nitrogens with zero attached hydrogens (tertiary/aromatic N) is 6. The van der Waals surface area contributed by atoms with Gasteiger partial charge >= 0.3 is 6.03 Å². The number of allylic oxidation sites excluding steroid dienone is 1. The normalized spacial score (nSPS) is 20.5. The van der Waals surface area contributed by atoms with Gasteiger partial charge in [-0.25, -0.2) is 17.5 Å². The molecule has 39 heavy (non-hydrogen) atoms. The van der Waals surface area contributed by atoms with E-state index in [-0.39, 0.29) is 11.4 Å². The van der Waals surface area contributed by atoms with Crippen molar-refractivity contribution in [2.75, 3.05) is 68.8 Å². The Hall–Kier alpha value is -2.60. The lowest BCUT2D eigenvalue weighted by atomic mass is 9.77. The molecule has 0 radical (unpaired) electrons. The van der Waals surface area contributed by atoms with Gasteiger partial charge in [0, 0.05) is 87.6 Å². The van der Waals surface area contributed by atoms with Crippen molar-refractivity contribution in [3.05, 3.63) is 53.3 Å². The fourth-order valence-electron chi connectivity index (χ4n) is 5.97. The number of piperidine rings is 1. The van der Waals surface area contributed by atoms with Crippen LogP contribution in [0.2, 0.25) is 5.02 Å². The molecule has 2 aromatic rings. The molecule has 0 atom stereocenters. The molecule has 1 amide bonds. The van der Waals surface area contributed by atoms with Crippen LogP contribution in [0.25, 0.3) is 0 Å². The molecule has 0 aliphatic carbocycles. The van der Waals surface area contributed by atoms with Crippen LogP contribution in [0.3, 0.4) is 0 Å². The van der Waals surface area contributed by atoms with Gasteiger partial charge in [-0.1, -0.05) is 24.2 Å². The van der Waals surface area contributed by atoms with Gasteiger partial charge in [0.15, 0.2) is 5.82 Å². The number of anilines is 2. The molecule has 1 N–H and O–H groups in total. The van der Waals surface area contributed by atoms with Crippen LogP contribution in [0.4, 0.5) is 16.3 Å². The topological polar surface area (TPSA) is 94.0 Å². The van der Waals surface area contributed by atoms with E-state index in [4.69, 9.17) is 11.6 Å². The van der Waals surface area contributed by atoms with Crippen molar-refractivity contribution in [3.63, 3.8) is 0 Å². The molecule has 10 nitrogen and oxygen atoms in total. The third-order valence-electron chi connectivity index (χ3n) is 8.25. The van der Waals surface area contributed by atoms with Crippen molar-refractivity contribution in [2.24, 2.45) is 5.41 Å². The Morgan fingerprint density at radius 1 is 1.08 bits per heavy atom. The predicted octanol–water partition coefficient (Wildman–Crippen LogP) is 3.52. The van der Waals surface area contributed by atoms with Crippen LogP contribution in [0, 0.1) is 5.41 Å². The van der Waals surface area contributed by atoms with Gasteiger partial charge in [-0.15, -0.1) is 5.10 Å². The van der Waals surface area contributed by atoms with E-state index < -0.39 is 10.0 Å². The summed E-state index contributed by atoms with van der Waals surface area (Å²) < 4.78 is 27.1. The second-order valence-electron chi connectivity index (χ2n) is 11.2. The summed E-state index contributed by atoms with van der Waals surface area (Å²) >= 11 is 6.44. The quantitative estimate of drug-likeness (QED) is 0.563. The Morgan fingerprint density at radius 3 is 2.41 bits per heavy atom. The maximum Gasteiger partial charge on any atom is 0.344 e. The van der Waals surface area contributed by atoms with Gasteiger partial charge in [0.05, 0.1) is 6.26 Å². The summed E-state index contributed by atoms with van der Waals surface area (Å²) in [4.78, 5) is 19.6. The van der Waals surface area contributed by atoms with Crippen LogP contribution in [-0.2, 0) is 16.6 Å². The van der Waals surface area contributed by atoms with Crippen molar-refractivity contribution < 1.29 is 13.2 Å². The van der Waals surface area contributed by atoms with Gasteiger partial charge in [-0.05, 0) is 49.3 Å². The van der Waals surface area contributed by atoms with Crippen LogP contribution in [0.5, 0.6) is 0 Å².